The third-order valence-corrected chi connectivity index (χ3v) is 4.04. The summed E-state index contributed by atoms with van der Waals surface area (Å²) in [5, 5.41) is 8.28. The Balaban J connectivity index is 1.81. The highest BCUT2D eigenvalue weighted by molar-refractivity contribution is 5.98. The van der Waals surface area contributed by atoms with Gasteiger partial charge in [-0.25, -0.2) is 4.98 Å². The minimum absolute atomic E-state index is 0.437. The second-order valence-electron chi connectivity index (χ2n) is 5.85. The van der Waals surface area contributed by atoms with Crippen molar-refractivity contribution in [1.82, 2.24) is 15.1 Å². The highest BCUT2D eigenvalue weighted by Gasteiger charge is 2.17. The van der Waals surface area contributed by atoms with Gasteiger partial charge in [-0.15, -0.1) is 0 Å². The largest absolute Gasteiger partial charge is 0.492 e. The molecule has 2 heterocycles. The quantitative estimate of drug-likeness (QED) is 0.563. The molecule has 2 aromatic carbocycles. The molecule has 0 saturated carbocycles. The zero-order valence-corrected chi connectivity index (χ0v) is 14.6. The number of hydrogen-bond donors (Lipinski definition) is 1. The van der Waals surface area contributed by atoms with Crippen molar-refractivity contribution < 1.29 is 9.26 Å². The smallest absolute Gasteiger partial charge is 0.263 e. The Bertz CT molecular complexity index is 1040. The molecule has 4 aromatic rings. The molecule has 0 spiro atoms. The fourth-order valence-electron chi connectivity index (χ4n) is 2.77. The van der Waals surface area contributed by atoms with Gasteiger partial charge in [-0.05, 0) is 26.0 Å². The fraction of sp³-hybridized carbons (Fsp3) is 0.150. The first-order valence-electron chi connectivity index (χ1n) is 8.42. The van der Waals surface area contributed by atoms with E-state index in [2.05, 4.69) is 20.4 Å². The Labute approximate surface area is 150 Å². The van der Waals surface area contributed by atoms with Gasteiger partial charge in [0.05, 0.1) is 12.3 Å². The van der Waals surface area contributed by atoms with E-state index in [0.29, 0.717) is 23.8 Å². The third kappa shape index (κ3) is 2.97. The number of aryl methyl sites for hydroxylation is 1. The van der Waals surface area contributed by atoms with Gasteiger partial charge in [0.15, 0.2) is 0 Å². The lowest BCUT2D eigenvalue weighted by atomic mass is 10.1. The van der Waals surface area contributed by atoms with Crippen molar-refractivity contribution in [2.75, 3.05) is 11.9 Å². The van der Waals surface area contributed by atoms with Crippen molar-refractivity contribution in [3.05, 3.63) is 60.4 Å². The molecule has 130 valence electrons. The molecular weight excluding hydrogens is 328 g/mol. The summed E-state index contributed by atoms with van der Waals surface area (Å²) >= 11 is 0. The Morgan fingerprint density at radius 2 is 1.85 bits per heavy atom. The second kappa shape index (κ2) is 6.84. The molecule has 1 N–H and O–H groups in total. The second-order valence-corrected chi connectivity index (χ2v) is 5.85. The molecule has 2 aromatic heterocycles. The number of para-hydroxylation sites is 2. The van der Waals surface area contributed by atoms with E-state index in [1.165, 1.54) is 11.9 Å². The van der Waals surface area contributed by atoms with Crippen LogP contribution in [0.4, 0.5) is 11.5 Å². The highest BCUT2D eigenvalue weighted by Crippen LogP contribution is 2.34. The summed E-state index contributed by atoms with van der Waals surface area (Å²) in [6, 6.07) is 15.8. The van der Waals surface area contributed by atoms with Crippen molar-refractivity contribution in [3.8, 4) is 17.0 Å². The average Bonchev–Trinajstić information content (AvgIpc) is 3.09. The SMILES string of the molecule is CCOc1ccccc1Nc1ncnc2onc(-c3ccc(C)cc3)c12. The summed E-state index contributed by atoms with van der Waals surface area (Å²) in [6.45, 7) is 4.58. The number of hydrogen-bond acceptors (Lipinski definition) is 6. The monoisotopic (exact) mass is 346 g/mol. The van der Waals surface area contributed by atoms with Crippen molar-refractivity contribution in [3.63, 3.8) is 0 Å². The number of anilines is 2. The van der Waals surface area contributed by atoms with Crippen LogP contribution < -0.4 is 10.1 Å². The van der Waals surface area contributed by atoms with Crippen LogP contribution in [0, 0.1) is 6.92 Å². The van der Waals surface area contributed by atoms with Gasteiger partial charge in [0, 0.05) is 5.56 Å². The molecule has 0 amide bonds. The first-order chi connectivity index (χ1) is 12.8. The van der Waals surface area contributed by atoms with Crippen molar-refractivity contribution >= 4 is 22.6 Å². The number of fused-ring (bicyclic) bond motifs is 1. The maximum Gasteiger partial charge on any atom is 0.263 e. The summed E-state index contributed by atoms with van der Waals surface area (Å²) in [5.41, 5.74) is 4.10. The van der Waals surface area contributed by atoms with Gasteiger partial charge in [0.1, 0.15) is 29.0 Å². The van der Waals surface area contributed by atoms with E-state index < -0.39 is 0 Å². The third-order valence-electron chi connectivity index (χ3n) is 4.04. The van der Waals surface area contributed by atoms with Crippen LogP contribution in [0.5, 0.6) is 5.75 Å². The molecule has 6 heteroatoms. The lowest BCUT2D eigenvalue weighted by Gasteiger charge is -2.12. The molecule has 4 rings (SSSR count). The minimum atomic E-state index is 0.437. The van der Waals surface area contributed by atoms with E-state index in [-0.39, 0.29) is 0 Å². The molecule has 0 radical (unpaired) electrons. The first-order valence-corrected chi connectivity index (χ1v) is 8.42. The highest BCUT2D eigenvalue weighted by atomic mass is 16.5. The van der Waals surface area contributed by atoms with Gasteiger partial charge in [-0.3, -0.25) is 0 Å². The van der Waals surface area contributed by atoms with Crippen LogP contribution in [-0.4, -0.2) is 21.7 Å². The number of nitrogens with one attached hydrogen (secondary N) is 1. The van der Waals surface area contributed by atoms with Gasteiger partial charge >= 0.3 is 0 Å². The number of nitrogens with zero attached hydrogens (tertiary/aromatic N) is 3. The Morgan fingerprint density at radius 3 is 2.65 bits per heavy atom. The van der Waals surface area contributed by atoms with Crippen LogP contribution in [0.3, 0.4) is 0 Å². The molecule has 0 atom stereocenters. The van der Waals surface area contributed by atoms with Crippen molar-refractivity contribution in [1.29, 1.82) is 0 Å². The van der Waals surface area contributed by atoms with Crippen LogP contribution in [0.1, 0.15) is 12.5 Å². The number of ether oxygens (including phenoxy) is 1. The molecule has 6 nitrogen and oxygen atoms in total. The summed E-state index contributed by atoms with van der Waals surface area (Å²) in [7, 11) is 0. The Morgan fingerprint density at radius 1 is 1.04 bits per heavy atom. The molecule has 0 fully saturated rings. The molecule has 0 saturated heterocycles. The number of benzene rings is 2. The van der Waals surface area contributed by atoms with Gasteiger partial charge in [-0.1, -0.05) is 47.1 Å². The van der Waals surface area contributed by atoms with E-state index in [1.807, 2.05) is 62.4 Å². The predicted octanol–water partition coefficient (Wildman–Crippen LogP) is 4.74. The average molecular weight is 346 g/mol. The van der Waals surface area contributed by atoms with Crippen LogP contribution in [0.25, 0.3) is 22.4 Å². The molecule has 0 aliphatic rings. The van der Waals surface area contributed by atoms with Gasteiger partial charge in [0.25, 0.3) is 5.71 Å². The Hall–Kier alpha value is -3.41. The molecule has 26 heavy (non-hydrogen) atoms. The first kappa shape index (κ1) is 16.1. The zero-order valence-electron chi connectivity index (χ0n) is 14.6. The zero-order chi connectivity index (χ0) is 17.9. The maximum atomic E-state index is 5.69. The van der Waals surface area contributed by atoms with E-state index in [9.17, 15) is 0 Å². The van der Waals surface area contributed by atoms with Gasteiger partial charge in [-0.2, -0.15) is 4.98 Å². The standard InChI is InChI=1S/C20H18N4O2/c1-3-25-16-7-5-4-6-15(16)23-19-17-18(14-10-8-13(2)9-11-14)24-26-20(17)22-12-21-19/h4-12H,3H2,1-2H3,(H,21,22,23). The summed E-state index contributed by atoms with van der Waals surface area (Å²) in [5.74, 6) is 1.38. The van der Waals surface area contributed by atoms with Gasteiger partial charge in [0.2, 0.25) is 0 Å². The number of aromatic nitrogens is 3. The van der Waals surface area contributed by atoms with Crippen LogP contribution in [0.2, 0.25) is 0 Å². The fourth-order valence-corrected chi connectivity index (χ4v) is 2.77. The molecular formula is C20H18N4O2. The van der Waals surface area contributed by atoms with Crippen molar-refractivity contribution in [2.45, 2.75) is 13.8 Å². The van der Waals surface area contributed by atoms with E-state index >= 15 is 0 Å². The Kier molecular flexibility index (Phi) is 4.23. The van der Waals surface area contributed by atoms with Crippen LogP contribution in [0.15, 0.2) is 59.4 Å². The summed E-state index contributed by atoms with van der Waals surface area (Å²) in [4.78, 5) is 8.60. The number of rotatable bonds is 5. The normalized spacial score (nSPS) is 10.8. The minimum Gasteiger partial charge on any atom is -0.492 e. The van der Waals surface area contributed by atoms with E-state index in [0.717, 1.165) is 22.4 Å². The molecule has 0 aliphatic heterocycles. The predicted molar refractivity (Wildman–Crippen MR) is 101 cm³/mol. The maximum absolute atomic E-state index is 5.69. The van der Waals surface area contributed by atoms with Crippen LogP contribution >= 0.6 is 0 Å². The van der Waals surface area contributed by atoms with E-state index in [4.69, 9.17) is 9.26 Å². The molecule has 0 aliphatic carbocycles. The molecule has 0 bridgehead atoms. The van der Waals surface area contributed by atoms with Gasteiger partial charge < -0.3 is 14.6 Å². The lowest BCUT2D eigenvalue weighted by molar-refractivity contribution is 0.342. The lowest BCUT2D eigenvalue weighted by Crippen LogP contribution is -2.00. The van der Waals surface area contributed by atoms with Crippen LogP contribution in [-0.2, 0) is 0 Å². The van der Waals surface area contributed by atoms with Crippen molar-refractivity contribution in [2.24, 2.45) is 0 Å². The summed E-state index contributed by atoms with van der Waals surface area (Å²) < 4.78 is 11.1. The molecule has 0 unspecified atom stereocenters. The topological polar surface area (TPSA) is 73.1 Å². The van der Waals surface area contributed by atoms with E-state index in [1.54, 1.807) is 0 Å². The summed E-state index contributed by atoms with van der Waals surface area (Å²) in [6.07, 6.45) is 1.46.